The number of pyridine rings is 1. The number of aromatic nitrogens is 1. The van der Waals surface area contributed by atoms with E-state index >= 15 is 0 Å². The highest BCUT2D eigenvalue weighted by Gasteiger charge is 2.17. The second-order valence-corrected chi connectivity index (χ2v) is 8.10. The molecule has 2 heterocycles. The van der Waals surface area contributed by atoms with Gasteiger partial charge in [0.05, 0.1) is 19.3 Å². The molecule has 2 aromatic rings. The number of halogens is 1. The summed E-state index contributed by atoms with van der Waals surface area (Å²) in [7, 11) is 0. The molecule has 0 bridgehead atoms. The van der Waals surface area contributed by atoms with Crippen molar-refractivity contribution in [2.45, 2.75) is 31.4 Å². The van der Waals surface area contributed by atoms with E-state index in [1.165, 1.54) is 4.90 Å². The fourth-order valence-electron chi connectivity index (χ4n) is 3.09. The van der Waals surface area contributed by atoms with Crippen LogP contribution < -0.4 is 15.5 Å². The van der Waals surface area contributed by atoms with Crippen molar-refractivity contribution in [3.8, 4) is 0 Å². The van der Waals surface area contributed by atoms with Crippen LogP contribution in [0.1, 0.15) is 19.4 Å². The van der Waals surface area contributed by atoms with E-state index in [1.54, 1.807) is 0 Å². The van der Waals surface area contributed by atoms with E-state index in [9.17, 15) is 0 Å². The number of hydrogen-bond acceptors (Lipinski definition) is 5. The van der Waals surface area contributed by atoms with Crippen LogP contribution in [0.5, 0.6) is 0 Å². The summed E-state index contributed by atoms with van der Waals surface area (Å²) < 4.78 is 5.60. The Morgan fingerprint density at radius 3 is 2.77 bits per heavy atom. The monoisotopic (exact) mass is 541 g/mol. The topological polar surface area (TPSA) is 61.8 Å². The summed E-state index contributed by atoms with van der Waals surface area (Å²) in [5.41, 5.74) is 1.10. The van der Waals surface area contributed by atoms with Gasteiger partial charge >= 0.3 is 0 Å². The Bertz CT molecular complexity index is 760. The second-order valence-electron chi connectivity index (χ2n) is 6.94. The van der Waals surface area contributed by atoms with Crippen molar-refractivity contribution < 1.29 is 4.74 Å². The van der Waals surface area contributed by atoms with Crippen molar-refractivity contribution in [1.29, 1.82) is 0 Å². The third-order valence-corrected chi connectivity index (χ3v) is 5.56. The number of nitrogens with zero attached hydrogens (tertiary/aromatic N) is 3. The molecule has 0 aliphatic carbocycles. The first-order valence-corrected chi connectivity index (χ1v) is 11.2. The van der Waals surface area contributed by atoms with Gasteiger partial charge in [-0.2, -0.15) is 0 Å². The van der Waals surface area contributed by atoms with Crippen LogP contribution in [0.2, 0.25) is 0 Å². The third-order valence-electron chi connectivity index (χ3n) is 4.54. The van der Waals surface area contributed by atoms with E-state index in [2.05, 4.69) is 70.8 Å². The van der Waals surface area contributed by atoms with Crippen LogP contribution in [0, 0.1) is 0 Å². The summed E-state index contributed by atoms with van der Waals surface area (Å²) in [4.78, 5) is 12.9. The molecular weight excluding hydrogens is 509 g/mol. The maximum atomic E-state index is 5.60. The lowest BCUT2D eigenvalue weighted by Crippen LogP contribution is -2.41. The summed E-state index contributed by atoms with van der Waals surface area (Å²) in [5, 5.41) is 6.71. The van der Waals surface area contributed by atoms with Gasteiger partial charge in [-0.05, 0) is 37.6 Å². The first-order valence-electron chi connectivity index (χ1n) is 10.3. The Balaban J connectivity index is 0.00000320. The second kappa shape index (κ2) is 13.7. The maximum absolute atomic E-state index is 5.60. The summed E-state index contributed by atoms with van der Waals surface area (Å²) >= 11 is 1.84. The van der Waals surface area contributed by atoms with E-state index in [0.717, 1.165) is 55.9 Å². The Kier molecular flexibility index (Phi) is 11.3. The molecule has 1 saturated heterocycles. The molecule has 1 atom stereocenters. The predicted molar refractivity (Wildman–Crippen MR) is 137 cm³/mol. The number of benzene rings is 1. The molecular formula is C22H32IN5OS. The quantitative estimate of drug-likeness (QED) is 0.175. The summed E-state index contributed by atoms with van der Waals surface area (Å²) in [6.45, 7) is 9.02. The molecule has 1 fully saturated rings. The molecule has 0 radical (unpaired) electrons. The summed E-state index contributed by atoms with van der Waals surface area (Å²) in [6.07, 6.45) is 2.18. The first kappa shape index (κ1) is 24.7. The molecule has 1 aliphatic heterocycles. The van der Waals surface area contributed by atoms with E-state index in [4.69, 9.17) is 9.73 Å². The molecule has 1 unspecified atom stereocenters. The van der Waals surface area contributed by atoms with Gasteiger partial charge in [-0.15, -0.1) is 35.7 Å². The smallest absolute Gasteiger partial charge is 0.191 e. The number of ether oxygens (including phenoxy) is 1. The summed E-state index contributed by atoms with van der Waals surface area (Å²) in [6, 6.07) is 14.7. The van der Waals surface area contributed by atoms with Crippen LogP contribution in [0.3, 0.4) is 0 Å². The Labute approximate surface area is 201 Å². The van der Waals surface area contributed by atoms with Gasteiger partial charge < -0.3 is 20.3 Å². The van der Waals surface area contributed by atoms with E-state index in [1.807, 2.05) is 24.0 Å². The number of aliphatic imine (C=N–C) groups is 1. The minimum absolute atomic E-state index is 0. The molecule has 0 saturated carbocycles. The number of rotatable bonds is 8. The van der Waals surface area contributed by atoms with Crippen molar-refractivity contribution in [3.05, 3.63) is 54.2 Å². The van der Waals surface area contributed by atoms with E-state index in [0.29, 0.717) is 6.54 Å². The van der Waals surface area contributed by atoms with Gasteiger partial charge in [0.1, 0.15) is 5.82 Å². The van der Waals surface area contributed by atoms with Gasteiger partial charge in [-0.3, -0.25) is 0 Å². The molecule has 1 aromatic carbocycles. The zero-order chi connectivity index (χ0) is 20.3. The largest absolute Gasteiger partial charge is 0.375 e. The van der Waals surface area contributed by atoms with Gasteiger partial charge in [-0.1, -0.05) is 24.3 Å². The number of guanidine groups is 1. The van der Waals surface area contributed by atoms with Crippen molar-refractivity contribution in [1.82, 2.24) is 15.6 Å². The zero-order valence-electron chi connectivity index (χ0n) is 17.7. The molecule has 164 valence electrons. The summed E-state index contributed by atoms with van der Waals surface area (Å²) in [5.74, 6) is 2.84. The van der Waals surface area contributed by atoms with Crippen LogP contribution in [-0.2, 0) is 11.3 Å². The number of thioether (sulfide) groups is 1. The number of hydrogen-bond donors (Lipinski definition) is 2. The van der Waals surface area contributed by atoms with E-state index in [-0.39, 0.29) is 30.1 Å². The molecule has 2 N–H and O–H groups in total. The van der Waals surface area contributed by atoms with E-state index < -0.39 is 0 Å². The average molecular weight is 542 g/mol. The number of nitrogens with one attached hydrogen (secondary N) is 2. The van der Waals surface area contributed by atoms with Crippen LogP contribution in [0.25, 0.3) is 0 Å². The SMILES string of the molecule is CCNC(=NCc1ccc(N2CCOC(C)C2)nc1)NCCSc1ccccc1.I. The Morgan fingerprint density at radius 1 is 1.23 bits per heavy atom. The average Bonchev–Trinajstić information content (AvgIpc) is 2.76. The molecule has 0 spiro atoms. The molecule has 8 heteroatoms. The maximum Gasteiger partial charge on any atom is 0.191 e. The number of morpholine rings is 1. The lowest BCUT2D eigenvalue weighted by molar-refractivity contribution is 0.0529. The van der Waals surface area contributed by atoms with Crippen molar-refractivity contribution in [2.75, 3.05) is 43.4 Å². The highest BCUT2D eigenvalue weighted by Crippen LogP contribution is 2.16. The minimum Gasteiger partial charge on any atom is -0.375 e. The van der Waals surface area contributed by atoms with Crippen LogP contribution in [-0.4, -0.2) is 55.6 Å². The molecule has 1 aliphatic rings. The fourth-order valence-corrected chi connectivity index (χ4v) is 3.88. The fraction of sp³-hybridized carbons (Fsp3) is 0.455. The van der Waals surface area contributed by atoms with Crippen LogP contribution >= 0.6 is 35.7 Å². The Hall–Kier alpha value is -1.52. The number of anilines is 1. The van der Waals surface area contributed by atoms with Crippen LogP contribution in [0.4, 0.5) is 5.82 Å². The predicted octanol–water partition coefficient (Wildman–Crippen LogP) is 3.77. The van der Waals surface area contributed by atoms with Crippen molar-refractivity contribution in [2.24, 2.45) is 4.99 Å². The van der Waals surface area contributed by atoms with Crippen molar-refractivity contribution in [3.63, 3.8) is 0 Å². The lowest BCUT2D eigenvalue weighted by Gasteiger charge is -2.32. The molecule has 30 heavy (non-hydrogen) atoms. The highest BCUT2D eigenvalue weighted by atomic mass is 127. The molecule has 0 amide bonds. The van der Waals surface area contributed by atoms with Crippen molar-refractivity contribution >= 4 is 47.5 Å². The lowest BCUT2D eigenvalue weighted by atomic mass is 10.2. The molecule has 6 nitrogen and oxygen atoms in total. The normalized spacial score (nSPS) is 16.7. The highest BCUT2D eigenvalue weighted by molar-refractivity contribution is 14.0. The molecule has 1 aromatic heterocycles. The Morgan fingerprint density at radius 2 is 2.07 bits per heavy atom. The van der Waals surface area contributed by atoms with Crippen LogP contribution in [0.15, 0.2) is 58.5 Å². The minimum atomic E-state index is 0. The zero-order valence-corrected chi connectivity index (χ0v) is 20.9. The van der Waals surface area contributed by atoms with Gasteiger partial charge in [0.2, 0.25) is 0 Å². The third kappa shape index (κ3) is 8.31. The molecule has 3 rings (SSSR count). The van der Waals surface area contributed by atoms with Gasteiger partial charge in [0.25, 0.3) is 0 Å². The van der Waals surface area contributed by atoms with Gasteiger partial charge in [0.15, 0.2) is 5.96 Å². The standard InChI is InChI=1S/C22H31N5OS.HI/c1-3-23-22(24-11-14-29-20-7-5-4-6-8-20)26-16-19-9-10-21(25-15-19)27-12-13-28-18(2)17-27;/h4-10,15,18H,3,11-14,16-17H2,1-2H3,(H2,23,24,26);1H. The van der Waals surface area contributed by atoms with Gasteiger partial charge in [0, 0.05) is 43.0 Å². The van der Waals surface area contributed by atoms with Gasteiger partial charge in [-0.25, -0.2) is 9.98 Å². The first-order chi connectivity index (χ1) is 14.2.